The van der Waals surface area contributed by atoms with Gasteiger partial charge in [0.2, 0.25) is 0 Å². The van der Waals surface area contributed by atoms with Gasteiger partial charge in [-0.15, -0.1) is 0 Å². The average molecular weight is 926 g/mol. The molecule has 0 amide bonds. The van der Waals surface area contributed by atoms with E-state index >= 15 is 0 Å². The summed E-state index contributed by atoms with van der Waals surface area (Å²) in [6.07, 6.45) is 66.7. The Bertz CT molecular complexity index is 1150. The van der Waals surface area contributed by atoms with Crippen LogP contribution in [0.1, 0.15) is 297 Å². The Morgan fingerprint density at radius 1 is 0.303 bits per heavy atom. The minimum Gasteiger partial charge on any atom is -0.462 e. The molecular weight excluding hydrogens is 817 g/mol. The summed E-state index contributed by atoms with van der Waals surface area (Å²) in [5.74, 6) is -0.881. The molecule has 384 valence electrons. The van der Waals surface area contributed by atoms with Crippen molar-refractivity contribution in [2.24, 2.45) is 0 Å². The molecule has 0 aliphatic carbocycles. The molecule has 0 rings (SSSR count). The summed E-state index contributed by atoms with van der Waals surface area (Å²) in [5, 5.41) is 0. The van der Waals surface area contributed by atoms with Crippen molar-refractivity contribution in [1.29, 1.82) is 0 Å². The predicted octanol–water partition coefficient (Wildman–Crippen LogP) is 19.0. The second kappa shape index (κ2) is 55.0. The molecule has 0 aliphatic rings. The van der Waals surface area contributed by atoms with Crippen LogP contribution < -0.4 is 0 Å². The quantitative estimate of drug-likeness (QED) is 0.0262. The molecule has 0 spiro atoms. The highest BCUT2D eigenvalue weighted by atomic mass is 16.6. The largest absolute Gasteiger partial charge is 0.462 e. The summed E-state index contributed by atoms with van der Waals surface area (Å²) in [7, 11) is 0. The second-order valence-electron chi connectivity index (χ2n) is 19.2. The van der Waals surface area contributed by atoms with Crippen LogP contribution in [0.5, 0.6) is 0 Å². The van der Waals surface area contributed by atoms with E-state index in [1.807, 2.05) is 0 Å². The highest BCUT2D eigenvalue weighted by Gasteiger charge is 2.19. The van der Waals surface area contributed by atoms with Crippen molar-refractivity contribution in [2.75, 3.05) is 13.2 Å². The van der Waals surface area contributed by atoms with Crippen LogP contribution in [-0.2, 0) is 28.6 Å². The van der Waals surface area contributed by atoms with E-state index in [2.05, 4.69) is 69.4 Å². The number of ether oxygens (including phenoxy) is 3. The normalized spacial score (nSPS) is 12.3. The van der Waals surface area contributed by atoms with Gasteiger partial charge >= 0.3 is 17.9 Å². The molecule has 0 saturated carbocycles. The molecule has 0 aromatic carbocycles. The Balaban J connectivity index is 4.28. The zero-order valence-corrected chi connectivity index (χ0v) is 44.0. The van der Waals surface area contributed by atoms with Crippen molar-refractivity contribution in [3.05, 3.63) is 48.6 Å². The molecule has 1 atom stereocenters. The van der Waals surface area contributed by atoms with E-state index in [0.29, 0.717) is 19.3 Å². The standard InChI is InChI=1S/C60H108O6/c1-4-7-10-13-16-19-22-24-26-27-28-29-30-31-32-33-34-36-38-41-44-47-50-53-59(62)65-56-57(55-64-58(61)52-49-46-43-40-37-21-18-15-12-9-6-3)66-60(63)54-51-48-45-42-39-35-25-23-20-17-14-11-8-5-2/h15,18,22,24,27-28,30-31,57H,4-14,16-17,19-21,23,25-26,29,32-56H2,1-3H3/b18-15-,24-22-,28-27-,31-30-. The third-order valence-corrected chi connectivity index (χ3v) is 12.6. The van der Waals surface area contributed by atoms with E-state index in [4.69, 9.17) is 14.2 Å². The van der Waals surface area contributed by atoms with Gasteiger partial charge in [-0.2, -0.15) is 0 Å². The van der Waals surface area contributed by atoms with Gasteiger partial charge < -0.3 is 14.2 Å². The molecule has 0 aromatic rings. The van der Waals surface area contributed by atoms with Gasteiger partial charge in [0.1, 0.15) is 13.2 Å². The lowest BCUT2D eigenvalue weighted by Gasteiger charge is -2.18. The zero-order valence-electron chi connectivity index (χ0n) is 44.0. The smallest absolute Gasteiger partial charge is 0.306 e. The first-order chi connectivity index (χ1) is 32.5. The maximum absolute atomic E-state index is 12.8. The number of hydrogen-bond donors (Lipinski definition) is 0. The van der Waals surface area contributed by atoms with Crippen LogP contribution in [0.4, 0.5) is 0 Å². The van der Waals surface area contributed by atoms with Crippen LogP contribution in [-0.4, -0.2) is 37.2 Å². The first-order valence-electron chi connectivity index (χ1n) is 28.6. The van der Waals surface area contributed by atoms with Crippen LogP contribution in [0.25, 0.3) is 0 Å². The number of rotatable bonds is 52. The van der Waals surface area contributed by atoms with Gasteiger partial charge in [-0.25, -0.2) is 0 Å². The third kappa shape index (κ3) is 52.3. The molecular formula is C60H108O6. The summed E-state index contributed by atoms with van der Waals surface area (Å²) in [4.78, 5) is 38.1. The number of esters is 3. The zero-order chi connectivity index (χ0) is 47.9. The Hall–Kier alpha value is -2.63. The fourth-order valence-corrected chi connectivity index (χ4v) is 8.20. The van der Waals surface area contributed by atoms with Gasteiger partial charge in [-0.05, 0) is 77.0 Å². The van der Waals surface area contributed by atoms with Crippen LogP contribution in [0.15, 0.2) is 48.6 Å². The SMILES string of the molecule is CCCC/C=C\CCCCCCCC(=O)OCC(COC(=O)CCCCCCCCCC/C=C\C/C=C\C/C=C\CCCCCCC)OC(=O)CCCCCCCCCCCCCCCC. The summed E-state index contributed by atoms with van der Waals surface area (Å²) >= 11 is 0. The Kier molecular flexibility index (Phi) is 52.8. The van der Waals surface area contributed by atoms with Crippen LogP contribution >= 0.6 is 0 Å². The van der Waals surface area contributed by atoms with E-state index in [0.717, 1.165) is 83.5 Å². The number of carbonyl (C=O) groups is 3. The maximum atomic E-state index is 12.8. The highest BCUT2D eigenvalue weighted by molar-refractivity contribution is 5.71. The van der Waals surface area contributed by atoms with E-state index in [1.165, 1.54) is 173 Å². The second-order valence-corrected chi connectivity index (χ2v) is 19.2. The number of carbonyl (C=O) groups excluding carboxylic acids is 3. The molecule has 0 bridgehead atoms. The van der Waals surface area contributed by atoms with Gasteiger partial charge in [0, 0.05) is 19.3 Å². The van der Waals surface area contributed by atoms with Crippen molar-refractivity contribution >= 4 is 17.9 Å². The molecule has 6 nitrogen and oxygen atoms in total. The molecule has 0 fully saturated rings. The van der Waals surface area contributed by atoms with Gasteiger partial charge in [-0.1, -0.05) is 249 Å². The van der Waals surface area contributed by atoms with Crippen molar-refractivity contribution in [3.8, 4) is 0 Å². The van der Waals surface area contributed by atoms with Crippen molar-refractivity contribution < 1.29 is 28.6 Å². The monoisotopic (exact) mass is 925 g/mol. The lowest BCUT2D eigenvalue weighted by molar-refractivity contribution is -0.167. The first-order valence-corrected chi connectivity index (χ1v) is 28.6. The highest BCUT2D eigenvalue weighted by Crippen LogP contribution is 2.16. The van der Waals surface area contributed by atoms with E-state index in [1.54, 1.807) is 0 Å². The summed E-state index contributed by atoms with van der Waals surface area (Å²) in [5.41, 5.74) is 0. The van der Waals surface area contributed by atoms with Gasteiger partial charge in [-0.3, -0.25) is 14.4 Å². The molecule has 0 saturated heterocycles. The topological polar surface area (TPSA) is 78.9 Å². The summed E-state index contributed by atoms with van der Waals surface area (Å²) < 4.78 is 16.8. The van der Waals surface area contributed by atoms with Crippen molar-refractivity contribution in [1.82, 2.24) is 0 Å². The average Bonchev–Trinajstić information content (AvgIpc) is 3.31. The summed E-state index contributed by atoms with van der Waals surface area (Å²) in [6, 6.07) is 0. The van der Waals surface area contributed by atoms with E-state index in [9.17, 15) is 14.4 Å². The van der Waals surface area contributed by atoms with Gasteiger partial charge in [0.15, 0.2) is 6.10 Å². The molecule has 0 aliphatic heterocycles. The number of hydrogen-bond acceptors (Lipinski definition) is 6. The molecule has 0 heterocycles. The lowest BCUT2D eigenvalue weighted by atomic mass is 10.0. The minimum atomic E-state index is -0.776. The molecule has 0 N–H and O–H groups in total. The lowest BCUT2D eigenvalue weighted by Crippen LogP contribution is -2.30. The first kappa shape index (κ1) is 63.4. The number of unbranched alkanes of at least 4 members (excludes halogenated alkanes) is 33. The fourth-order valence-electron chi connectivity index (χ4n) is 8.20. The molecule has 1 unspecified atom stereocenters. The van der Waals surface area contributed by atoms with Gasteiger partial charge in [0.05, 0.1) is 0 Å². The fraction of sp³-hybridized carbons (Fsp3) is 0.817. The Morgan fingerprint density at radius 3 is 0.909 bits per heavy atom. The molecule has 6 heteroatoms. The predicted molar refractivity (Wildman–Crippen MR) is 284 cm³/mol. The van der Waals surface area contributed by atoms with Gasteiger partial charge in [0.25, 0.3) is 0 Å². The van der Waals surface area contributed by atoms with Crippen molar-refractivity contribution in [2.45, 2.75) is 303 Å². The molecule has 0 radical (unpaired) electrons. The van der Waals surface area contributed by atoms with E-state index < -0.39 is 6.10 Å². The molecule has 66 heavy (non-hydrogen) atoms. The number of allylic oxidation sites excluding steroid dienone is 8. The minimum absolute atomic E-state index is 0.0771. The van der Waals surface area contributed by atoms with Crippen LogP contribution in [0.2, 0.25) is 0 Å². The van der Waals surface area contributed by atoms with Crippen LogP contribution in [0, 0.1) is 0 Å². The third-order valence-electron chi connectivity index (χ3n) is 12.6. The summed E-state index contributed by atoms with van der Waals surface area (Å²) in [6.45, 7) is 6.60. The van der Waals surface area contributed by atoms with Crippen LogP contribution in [0.3, 0.4) is 0 Å². The molecule has 0 aromatic heterocycles. The Labute approximate surface area is 409 Å². The van der Waals surface area contributed by atoms with Crippen molar-refractivity contribution in [3.63, 3.8) is 0 Å². The van der Waals surface area contributed by atoms with E-state index in [-0.39, 0.29) is 31.1 Å². The maximum Gasteiger partial charge on any atom is 0.306 e. The Morgan fingerprint density at radius 2 is 0.561 bits per heavy atom.